The maximum absolute atomic E-state index is 5.64. The minimum Gasteiger partial charge on any atom is -0.465 e. The molecule has 0 saturated carbocycles. The third-order valence-electron chi connectivity index (χ3n) is 3.82. The lowest BCUT2D eigenvalue weighted by molar-refractivity contribution is 0.401. The maximum Gasteiger partial charge on any atom is 0.120 e. The van der Waals surface area contributed by atoms with Crippen LogP contribution in [0.15, 0.2) is 40.8 Å². The predicted octanol–water partition coefficient (Wildman–Crippen LogP) is 3.58. The number of benzene rings is 1. The topological polar surface area (TPSA) is 25.2 Å². The van der Waals surface area contributed by atoms with E-state index in [0.717, 1.165) is 18.1 Å². The smallest absolute Gasteiger partial charge is 0.120 e. The first-order valence-electron chi connectivity index (χ1n) is 6.61. The Hall–Kier alpha value is -1.54. The average Bonchev–Trinajstić information content (AvgIpc) is 2.77. The van der Waals surface area contributed by atoms with Crippen LogP contribution in [-0.2, 0) is 6.42 Å². The van der Waals surface area contributed by atoms with Crippen molar-refractivity contribution < 1.29 is 4.42 Å². The SMILES string of the molecule is Cc1ccc(C(C)NCC2Cc3ccccc32)o1. The molecule has 0 bridgehead atoms. The van der Waals surface area contributed by atoms with E-state index < -0.39 is 0 Å². The van der Waals surface area contributed by atoms with E-state index in [4.69, 9.17) is 4.42 Å². The number of nitrogens with one attached hydrogen (secondary N) is 1. The summed E-state index contributed by atoms with van der Waals surface area (Å²) >= 11 is 0. The molecule has 1 heterocycles. The van der Waals surface area contributed by atoms with Crippen molar-refractivity contribution in [3.8, 4) is 0 Å². The third-order valence-corrected chi connectivity index (χ3v) is 3.82. The van der Waals surface area contributed by atoms with E-state index in [1.807, 2.05) is 13.0 Å². The zero-order chi connectivity index (χ0) is 12.5. The van der Waals surface area contributed by atoms with Gasteiger partial charge in [0.2, 0.25) is 0 Å². The molecule has 1 aliphatic carbocycles. The van der Waals surface area contributed by atoms with Gasteiger partial charge in [0.05, 0.1) is 6.04 Å². The zero-order valence-electron chi connectivity index (χ0n) is 10.9. The summed E-state index contributed by atoms with van der Waals surface area (Å²) in [5.74, 6) is 2.67. The lowest BCUT2D eigenvalue weighted by atomic mass is 9.77. The lowest BCUT2D eigenvalue weighted by Crippen LogP contribution is -2.30. The molecule has 0 aliphatic heterocycles. The largest absolute Gasteiger partial charge is 0.465 e. The molecule has 2 aromatic rings. The molecule has 2 nitrogen and oxygen atoms in total. The maximum atomic E-state index is 5.64. The van der Waals surface area contributed by atoms with Crippen LogP contribution in [0.25, 0.3) is 0 Å². The molecular formula is C16H19NO. The fourth-order valence-electron chi connectivity index (χ4n) is 2.65. The van der Waals surface area contributed by atoms with E-state index in [-0.39, 0.29) is 6.04 Å². The standard InChI is InChI=1S/C16H19NO/c1-11-7-8-16(18-11)12(2)17-10-14-9-13-5-3-4-6-15(13)14/h3-8,12,14,17H,9-10H2,1-2H3. The van der Waals surface area contributed by atoms with E-state index in [2.05, 4.69) is 42.6 Å². The van der Waals surface area contributed by atoms with Crippen LogP contribution in [0.2, 0.25) is 0 Å². The molecule has 1 N–H and O–H groups in total. The summed E-state index contributed by atoms with van der Waals surface area (Å²) in [6.07, 6.45) is 1.20. The van der Waals surface area contributed by atoms with Crippen molar-refractivity contribution in [3.63, 3.8) is 0 Å². The van der Waals surface area contributed by atoms with E-state index in [1.165, 1.54) is 17.5 Å². The highest BCUT2D eigenvalue weighted by Gasteiger charge is 2.25. The minimum absolute atomic E-state index is 0.284. The molecule has 1 aromatic heterocycles. The monoisotopic (exact) mass is 241 g/mol. The van der Waals surface area contributed by atoms with Gasteiger partial charge in [-0.1, -0.05) is 24.3 Å². The van der Waals surface area contributed by atoms with E-state index in [0.29, 0.717) is 5.92 Å². The Morgan fingerprint density at radius 3 is 2.83 bits per heavy atom. The van der Waals surface area contributed by atoms with Crippen molar-refractivity contribution in [2.45, 2.75) is 32.2 Å². The fourth-order valence-corrected chi connectivity index (χ4v) is 2.65. The van der Waals surface area contributed by atoms with Gasteiger partial charge in [-0.25, -0.2) is 0 Å². The molecule has 0 saturated heterocycles. The van der Waals surface area contributed by atoms with Crippen LogP contribution in [0.4, 0.5) is 0 Å². The van der Waals surface area contributed by atoms with Gasteiger partial charge in [0.15, 0.2) is 0 Å². The first-order valence-corrected chi connectivity index (χ1v) is 6.61. The van der Waals surface area contributed by atoms with Gasteiger partial charge in [0, 0.05) is 12.5 Å². The quantitative estimate of drug-likeness (QED) is 0.885. The lowest BCUT2D eigenvalue weighted by Gasteiger charge is -2.31. The van der Waals surface area contributed by atoms with Gasteiger partial charge in [0.25, 0.3) is 0 Å². The number of hydrogen-bond donors (Lipinski definition) is 1. The molecule has 0 spiro atoms. The van der Waals surface area contributed by atoms with Gasteiger partial charge < -0.3 is 9.73 Å². The number of aryl methyl sites for hydroxylation is 1. The second-order valence-corrected chi connectivity index (χ2v) is 5.18. The Balaban J connectivity index is 1.57. The molecule has 0 amide bonds. The Morgan fingerprint density at radius 2 is 2.11 bits per heavy atom. The van der Waals surface area contributed by atoms with Gasteiger partial charge in [-0.3, -0.25) is 0 Å². The highest BCUT2D eigenvalue weighted by molar-refractivity contribution is 5.40. The van der Waals surface area contributed by atoms with Crippen molar-refractivity contribution in [1.29, 1.82) is 0 Å². The Bertz CT molecular complexity index is 544. The second kappa shape index (κ2) is 4.62. The van der Waals surface area contributed by atoms with Crippen LogP contribution in [0.5, 0.6) is 0 Å². The van der Waals surface area contributed by atoms with Gasteiger partial charge in [-0.2, -0.15) is 0 Å². The van der Waals surface area contributed by atoms with Gasteiger partial charge in [-0.05, 0) is 43.5 Å². The van der Waals surface area contributed by atoms with Crippen molar-refractivity contribution in [3.05, 3.63) is 59.0 Å². The van der Waals surface area contributed by atoms with E-state index in [1.54, 1.807) is 0 Å². The molecule has 18 heavy (non-hydrogen) atoms. The molecule has 0 radical (unpaired) electrons. The number of rotatable bonds is 4. The molecule has 3 rings (SSSR count). The summed E-state index contributed by atoms with van der Waals surface area (Å²) < 4.78 is 5.64. The molecule has 2 heteroatoms. The van der Waals surface area contributed by atoms with Crippen molar-refractivity contribution in [1.82, 2.24) is 5.32 Å². The number of hydrogen-bond acceptors (Lipinski definition) is 2. The predicted molar refractivity (Wildman–Crippen MR) is 72.7 cm³/mol. The van der Waals surface area contributed by atoms with Crippen LogP contribution in [0.1, 0.15) is 41.5 Å². The van der Waals surface area contributed by atoms with Gasteiger partial charge in [0.1, 0.15) is 11.5 Å². The first-order chi connectivity index (χ1) is 8.74. The average molecular weight is 241 g/mol. The molecular weight excluding hydrogens is 222 g/mol. The van der Waals surface area contributed by atoms with Gasteiger partial charge >= 0.3 is 0 Å². The highest BCUT2D eigenvalue weighted by Crippen LogP contribution is 2.34. The van der Waals surface area contributed by atoms with E-state index >= 15 is 0 Å². The molecule has 2 atom stereocenters. The minimum atomic E-state index is 0.284. The van der Waals surface area contributed by atoms with Crippen LogP contribution in [-0.4, -0.2) is 6.54 Å². The Morgan fingerprint density at radius 1 is 1.28 bits per heavy atom. The highest BCUT2D eigenvalue weighted by atomic mass is 16.3. The van der Waals surface area contributed by atoms with E-state index in [9.17, 15) is 0 Å². The summed E-state index contributed by atoms with van der Waals surface area (Å²) in [5.41, 5.74) is 3.01. The van der Waals surface area contributed by atoms with Crippen molar-refractivity contribution in [2.75, 3.05) is 6.54 Å². The molecule has 1 aliphatic rings. The fraction of sp³-hybridized carbons (Fsp3) is 0.375. The summed E-state index contributed by atoms with van der Waals surface area (Å²) in [6.45, 7) is 5.17. The zero-order valence-corrected chi connectivity index (χ0v) is 10.9. The van der Waals surface area contributed by atoms with Crippen LogP contribution in [0.3, 0.4) is 0 Å². The second-order valence-electron chi connectivity index (χ2n) is 5.18. The van der Waals surface area contributed by atoms with Crippen LogP contribution in [0, 0.1) is 6.92 Å². The van der Waals surface area contributed by atoms with Crippen LogP contribution >= 0.6 is 0 Å². The summed E-state index contributed by atoms with van der Waals surface area (Å²) in [6, 6.07) is 13.1. The van der Waals surface area contributed by atoms with Crippen molar-refractivity contribution in [2.24, 2.45) is 0 Å². The normalized spacial score (nSPS) is 19.1. The van der Waals surface area contributed by atoms with Crippen molar-refractivity contribution >= 4 is 0 Å². The van der Waals surface area contributed by atoms with Crippen LogP contribution < -0.4 is 5.32 Å². The number of furan rings is 1. The summed E-state index contributed by atoms with van der Waals surface area (Å²) in [4.78, 5) is 0. The summed E-state index contributed by atoms with van der Waals surface area (Å²) in [7, 11) is 0. The summed E-state index contributed by atoms with van der Waals surface area (Å²) in [5, 5.41) is 3.56. The first kappa shape index (κ1) is 11.5. The molecule has 94 valence electrons. The molecule has 2 unspecified atom stereocenters. The molecule has 1 aromatic carbocycles. The Labute approximate surface area is 108 Å². The molecule has 0 fully saturated rings. The third kappa shape index (κ3) is 2.08. The Kier molecular flexibility index (Phi) is 2.96. The number of fused-ring (bicyclic) bond motifs is 1. The van der Waals surface area contributed by atoms with Gasteiger partial charge in [-0.15, -0.1) is 0 Å².